The average Bonchev–Trinajstić information content (AvgIpc) is 3.32. The Morgan fingerprint density at radius 2 is 1.20 bits per heavy atom. The molecule has 0 radical (unpaired) electrons. The van der Waals surface area contributed by atoms with Crippen LogP contribution in [0.3, 0.4) is 0 Å². The minimum Gasteiger partial charge on any atom is -0.358 e. The molecule has 0 bridgehead atoms. The number of benzene rings is 5. The first kappa shape index (κ1) is 31.9. The molecular formula is C44H52N2. The highest BCUT2D eigenvalue weighted by molar-refractivity contribution is 5.98. The Morgan fingerprint density at radius 3 is 1.80 bits per heavy atom. The highest BCUT2D eigenvalue weighted by Gasteiger charge is 2.55. The normalized spacial score (nSPS) is 17.3. The van der Waals surface area contributed by atoms with Gasteiger partial charge in [-0.15, -0.1) is 0 Å². The summed E-state index contributed by atoms with van der Waals surface area (Å²) in [5, 5.41) is 2.51. The molecular weight excluding hydrogens is 556 g/mol. The SMILES string of the molecule is CCC1(CC)CC(C)(C)N(c2c(C(C)C)cccc2C(C)C)C1c1ccc(N(c2ccccc2)c2cccc3ccccc23)cc1. The lowest BCUT2D eigenvalue weighted by Gasteiger charge is -2.44. The maximum atomic E-state index is 2.86. The fraction of sp³-hybridized carbons (Fsp3) is 0.364. The van der Waals surface area contributed by atoms with Crippen LogP contribution < -0.4 is 9.80 Å². The van der Waals surface area contributed by atoms with Gasteiger partial charge in [-0.05, 0) is 103 Å². The number of para-hydroxylation sites is 2. The number of hydrogen-bond donors (Lipinski definition) is 0. The van der Waals surface area contributed by atoms with E-state index in [4.69, 9.17) is 0 Å². The van der Waals surface area contributed by atoms with E-state index in [2.05, 4.69) is 180 Å². The second-order valence-corrected chi connectivity index (χ2v) is 14.7. The van der Waals surface area contributed by atoms with Crippen molar-refractivity contribution in [2.24, 2.45) is 5.41 Å². The van der Waals surface area contributed by atoms with Gasteiger partial charge in [-0.1, -0.05) is 126 Å². The first-order valence-electron chi connectivity index (χ1n) is 17.5. The third kappa shape index (κ3) is 5.51. The number of hydrogen-bond acceptors (Lipinski definition) is 2. The molecule has 0 spiro atoms. The molecule has 1 saturated heterocycles. The number of fused-ring (bicyclic) bond motifs is 1. The second kappa shape index (κ2) is 12.6. The predicted octanol–water partition coefficient (Wildman–Crippen LogP) is 13.1. The van der Waals surface area contributed by atoms with E-state index in [1.807, 2.05) is 0 Å². The van der Waals surface area contributed by atoms with Crippen molar-refractivity contribution in [2.75, 3.05) is 9.80 Å². The molecule has 1 fully saturated rings. The standard InChI is InChI=1S/C44H52N2/c1-9-44(10-2)30-43(7,8)46(41-37(31(3)4)23-17-24-38(41)32(5)6)42(44)34-26-28-36(29-27-34)45(35-20-12-11-13-21-35)40-25-16-19-33-18-14-15-22-39(33)40/h11-29,31-32,42H,9-10,30H2,1-8H3. The van der Waals surface area contributed by atoms with E-state index in [9.17, 15) is 0 Å². The summed E-state index contributed by atoms with van der Waals surface area (Å²) in [7, 11) is 0. The molecule has 1 unspecified atom stereocenters. The quantitative estimate of drug-likeness (QED) is 0.164. The molecule has 5 aromatic rings. The van der Waals surface area contributed by atoms with Crippen LogP contribution in [0.2, 0.25) is 0 Å². The lowest BCUT2D eigenvalue weighted by atomic mass is 9.71. The number of nitrogens with zero attached hydrogens (tertiary/aromatic N) is 2. The van der Waals surface area contributed by atoms with E-state index >= 15 is 0 Å². The van der Waals surface area contributed by atoms with Crippen LogP contribution in [0.25, 0.3) is 10.8 Å². The fourth-order valence-corrected chi connectivity index (χ4v) is 8.49. The van der Waals surface area contributed by atoms with Gasteiger partial charge in [0.2, 0.25) is 0 Å². The molecule has 1 atom stereocenters. The zero-order chi connectivity index (χ0) is 32.6. The van der Waals surface area contributed by atoms with Crippen molar-refractivity contribution < 1.29 is 0 Å². The number of rotatable bonds is 9. The van der Waals surface area contributed by atoms with Gasteiger partial charge in [0.05, 0.1) is 11.7 Å². The van der Waals surface area contributed by atoms with Crippen LogP contribution >= 0.6 is 0 Å². The maximum absolute atomic E-state index is 2.86. The summed E-state index contributed by atoms with van der Waals surface area (Å²) in [6, 6.07) is 43.0. The highest BCUT2D eigenvalue weighted by Crippen LogP contribution is 2.61. The van der Waals surface area contributed by atoms with E-state index in [-0.39, 0.29) is 17.0 Å². The first-order chi connectivity index (χ1) is 22.1. The molecule has 1 aliphatic rings. The lowest BCUT2D eigenvalue weighted by molar-refractivity contribution is 0.227. The molecule has 6 rings (SSSR count). The molecule has 0 amide bonds. The van der Waals surface area contributed by atoms with E-state index in [0.29, 0.717) is 11.8 Å². The van der Waals surface area contributed by atoms with Crippen molar-refractivity contribution in [3.05, 3.63) is 132 Å². The Morgan fingerprint density at radius 1 is 0.652 bits per heavy atom. The highest BCUT2D eigenvalue weighted by atomic mass is 15.3. The summed E-state index contributed by atoms with van der Waals surface area (Å²) in [6.07, 6.45) is 3.49. The molecule has 0 aliphatic carbocycles. The summed E-state index contributed by atoms with van der Waals surface area (Å²) < 4.78 is 0. The van der Waals surface area contributed by atoms with Crippen LogP contribution in [0, 0.1) is 5.41 Å². The van der Waals surface area contributed by atoms with Gasteiger partial charge >= 0.3 is 0 Å². The lowest BCUT2D eigenvalue weighted by Crippen LogP contribution is -2.41. The van der Waals surface area contributed by atoms with Crippen LogP contribution in [0.1, 0.15) is 109 Å². The second-order valence-electron chi connectivity index (χ2n) is 14.7. The van der Waals surface area contributed by atoms with Crippen LogP contribution in [0.4, 0.5) is 22.7 Å². The minimum absolute atomic E-state index is 0.0169. The third-order valence-electron chi connectivity index (χ3n) is 10.8. The molecule has 238 valence electrons. The topological polar surface area (TPSA) is 6.48 Å². The molecule has 2 heteroatoms. The van der Waals surface area contributed by atoms with Gasteiger partial charge in [-0.25, -0.2) is 0 Å². The first-order valence-corrected chi connectivity index (χ1v) is 17.5. The van der Waals surface area contributed by atoms with Crippen molar-refractivity contribution in [3.63, 3.8) is 0 Å². The Balaban J connectivity index is 1.53. The summed E-state index contributed by atoms with van der Waals surface area (Å²) in [4.78, 5) is 5.28. The van der Waals surface area contributed by atoms with Gasteiger partial charge < -0.3 is 9.80 Å². The zero-order valence-electron chi connectivity index (χ0n) is 29.2. The molecule has 2 nitrogen and oxygen atoms in total. The molecule has 1 heterocycles. The van der Waals surface area contributed by atoms with Gasteiger partial charge in [-0.3, -0.25) is 0 Å². The van der Waals surface area contributed by atoms with Gasteiger partial charge in [0.25, 0.3) is 0 Å². The van der Waals surface area contributed by atoms with E-state index in [0.717, 1.165) is 12.8 Å². The average molecular weight is 609 g/mol. The van der Waals surface area contributed by atoms with Crippen LogP contribution in [0.15, 0.2) is 115 Å². The van der Waals surface area contributed by atoms with E-state index in [1.54, 1.807) is 0 Å². The van der Waals surface area contributed by atoms with Gasteiger partial charge in [0.1, 0.15) is 0 Å². The summed E-state index contributed by atoms with van der Waals surface area (Å²) in [5.74, 6) is 0.900. The smallest absolute Gasteiger partial charge is 0.0605 e. The Kier molecular flexibility index (Phi) is 8.77. The van der Waals surface area contributed by atoms with Crippen molar-refractivity contribution in [1.82, 2.24) is 0 Å². The van der Waals surface area contributed by atoms with Crippen molar-refractivity contribution in [2.45, 2.75) is 98.1 Å². The molecule has 46 heavy (non-hydrogen) atoms. The minimum atomic E-state index is 0.0169. The Bertz CT molecular complexity index is 1750. The summed E-state index contributed by atoms with van der Waals surface area (Å²) in [5.41, 5.74) is 9.56. The zero-order valence-corrected chi connectivity index (χ0v) is 29.2. The predicted molar refractivity (Wildman–Crippen MR) is 200 cm³/mol. The Labute approximate surface area is 278 Å². The largest absolute Gasteiger partial charge is 0.358 e. The molecule has 5 aromatic carbocycles. The van der Waals surface area contributed by atoms with Gasteiger partial charge in [0, 0.05) is 28.0 Å². The van der Waals surface area contributed by atoms with Crippen LogP contribution in [0.5, 0.6) is 0 Å². The van der Waals surface area contributed by atoms with E-state index in [1.165, 1.54) is 56.6 Å². The van der Waals surface area contributed by atoms with Crippen LogP contribution in [-0.4, -0.2) is 5.54 Å². The fourth-order valence-electron chi connectivity index (χ4n) is 8.49. The summed E-state index contributed by atoms with van der Waals surface area (Å²) >= 11 is 0. The van der Waals surface area contributed by atoms with Crippen molar-refractivity contribution >= 4 is 33.5 Å². The number of anilines is 4. The maximum Gasteiger partial charge on any atom is 0.0605 e. The van der Waals surface area contributed by atoms with Crippen molar-refractivity contribution in [1.29, 1.82) is 0 Å². The Hall–Kier alpha value is -4.04. The summed E-state index contributed by atoms with van der Waals surface area (Å²) in [6.45, 7) is 19.2. The monoisotopic (exact) mass is 608 g/mol. The molecule has 1 aliphatic heterocycles. The molecule has 0 saturated carbocycles. The van der Waals surface area contributed by atoms with E-state index < -0.39 is 0 Å². The third-order valence-corrected chi connectivity index (χ3v) is 10.8. The van der Waals surface area contributed by atoms with Gasteiger partial charge in [-0.2, -0.15) is 0 Å². The van der Waals surface area contributed by atoms with Crippen molar-refractivity contribution in [3.8, 4) is 0 Å². The molecule has 0 N–H and O–H groups in total. The van der Waals surface area contributed by atoms with Gasteiger partial charge in [0.15, 0.2) is 0 Å². The van der Waals surface area contributed by atoms with Crippen LogP contribution in [-0.2, 0) is 0 Å². The molecule has 0 aromatic heterocycles.